The number of hydrogen-bond acceptors (Lipinski definition) is 4. The SMILES string of the molecule is CCN[C@H](C)CNC(=O)c1cc(C2CC2)on1.Cl. The van der Waals surface area contributed by atoms with Crippen molar-refractivity contribution in [2.45, 2.75) is 38.6 Å². The molecular weight excluding hydrogens is 254 g/mol. The number of hydrogen-bond donors (Lipinski definition) is 2. The van der Waals surface area contributed by atoms with Crippen LogP contribution in [0.1, 0.15) is 48.9 Å². The maximum atomic E-state index is 11.7. The van der Waals surface area contributed by atoms with Gasteiger partial charge in [-0.3, -0.25) is 4.79 Å². The molecule has 0 aromatic carbocycles. The van der Waals surface area contributed by atoms with Crippen molar-refractivity contribution in [3.8, 4) is 0 Å². The van der Waals surface area contributed by atoms with Crippen molar-refractivity contribution >= 4 is 18.3 Å². The van der Waals surface area contributed by atoms with Crippen molar-refractivity contribution in [1.82, 2.24) is 15.8 Å². The Kier molecular flexibility index (Phi) is 5.62. The van der Waals surface area contributed by atoms with E-state index < -0.39 is 0 Å². The first-order valence-electron chi connectivity index (χ1n) is 6.19. The van der Waals surface area contributed by atoms with E-state index in [1.807, 2.05) is 13.8 Å². The largest absolute Gasteiger partial charge is 0.360 e. The van der Waals surface area contributed by atoms with Gasteiger partial charge in [-0.25, -0.2) is 0 Å². The van der Waals surface area contributed by atoms with Crippen molar-refractivity contribution in [1.29, 1.82) is 0 Å². The second-order valence-corrected chi connectivity index (χ2v) is 4.56. The Labute approximate surface area is 113 Å². The first kappa shape index (κ1) is 15.0. The highest BCUT2D eigenvalue weighted by atomic mass is 35.5. The number of carbonyl (C=O) groups excluding carboxylic acids is 1. The molecule has 0 unspecified atom stereocenters. The topological polar surface area (TPSA) is 67.2 Å². The Morgan fingerprint density at radius 2 is 2.33 bits per heavy atom. The van der Waals surface area contributed by atoms with E-state index in [1.165, 1.54) is 0 Å². The van der Waals surface area contributed by atoms with Crippen molar-refractivity contribution in [2.24, 2.45) is 0 Å². The van der Waals surface area contributed by atoms with Crippen molar-refractivity contribution in [3.05, 3.63) is 17.5 Å². The molecule has 0 spiro atoms. The number of likely N-dealkylation sites (N-methyl/N-ethyl adjacent to an activating group) is 1. The minimum Gasteiger partial charge on any atom is -0.360 e. The van der Waals surface area contributed by atoms with Gasteiger partial charge in [-0.1, -0.05) is 12.1 Å². The zero-order valence-electron chi connectivity index (χ0n) is 10.7. The highest BCUT2D eigenvalue weighted by Gasteiger charge is 2.28. The van der Waals surface area contributed by atoms with E-state index in [-0.39, 0.29) is 24.4 Å². The van der Waals surface area contributed by atoms with Gasteiger partial charge >= 0.3 is 0 Å². The summed E-state index contributed by atoms with van der Waals surface area (Å²) in [6, 6.07) is 2.02. The lowest BCUT2D eigenvalue weighted by Gasteiger charge is -2.12. The van der Waals surface area contributed by atoms with Crippen LogP contribution in [0.15, 0.2) is 10.6 Å². The van der Waals surface area contributed by atoms with Gasteiger partial charge < -0.3 is 15.2 Å². The van der Waals surface area contributed by atoms with Crippen LogP contribution in [0.4, 0.5) is 0 Å². The van der Waals surface area contributed by atoms with Gasteiger partial charge in [0, 0.05) is 24.6 Å². The molecule has 6 heteroatoms. The standard InChI is InChI=1S/C12H19N3O2.ClH/c1-3-13-8(2)7-14-12(16)10-6-11(17-15-10)9-4-5-9;/h6,8-9,13H,3-5,7H2,1-2H3,(H,14,16);1H/t8-;/m1./s1. The number of amides is 1. The Balaban J connectivity index is 0.00000162. The van der Waals surface area contributed by atoms with Gasteiger partial charge in [0.05, 0.1) is 0 Å². The predicted molar refractivity (Wildman–Crippen MR) is 71.2 cm³/mol. The maximum Gasteiger partial charge on any atom is 0.273 e. The van der Waals surface area contributed by atoms with E-state index in [1.54, 1.807) is 6.07 Å². The molecule has 1 aliphatic rings. The summed E-state index contributed by atoms with van der Waals surface area (Å²) in [6.45, 7) is 5.56. The predicted octanol–water partition coefficient (Wildman–Crippen LogP) is 1.70. The molecule has 1 fully saturated rings. The van der Waals surface area contributed by atoms with E-state index in [0.29, 0.717) is 18.2 Å². The summed E-state index contributed by atoms with van der Waals surface area (Å²) in [5, 5.41) is 9.85. The van der Waals surface area contributed by atoms with Crippen LogP contribution >= 0.6 is 12.4 Å². The van der Waals surface area contributed by atoms with Gasteiger partial charge in [0.15, 0.2) is 5.69 Å². The highest BCUT2D eigenvalue weighted by Crippen LogP contribution is 2.40. The van der Waals surface area contributed by atoms with Crippen molar-refractivity contribution in [3.63, 3.8) is 0 Å². The number of aromatic nitrogens is 1. The third-order valence-electron chi connectivity index (χ3n) is 2.86. The number of rotatable bonds is 6. The minimum absolute atomic E-state index is 0. The average Bonchev–Trinajstić information content (AvgIpc) is 3.05. The van der Waals surface area contributed by atoms with Crippen LogP contribution in [0.3, 0.4) is 0 Å². The van der Waals surface area contributed by atoms with Gasteiger partial charge in [-0.2, -0.15) is 0 Å². The molecule has 1 saturated carbocycles. The maximum absolute atomic E-state index is 11.7. The molecule has 0 aliphatic heterocycles. The van der Waals surface area contributed by atoms with Crippen molar-refractivity contribution < 1.29 is 9.32 Å². The second kappa shape index (κ2) is 6.75. The van der Waals surface area contributed by atoms with Crippen LogP contribution in [0, 0.1) is 0 Å². The van der Waals surface area contributed by atoms with Gasteiger partial charge in [0.25, 0.3) is 5.91 Å². The summed E-state index contributed by atoms with van der Waals surface area (Å²) < 4.78 is 5.14. The quantitative estimate of drug-likeness (QED) is 0.828. The fraction of sp³-hybridized carbons (Fsp3) is 0.667. The molecule has 1 amide bonds. The second-order valence-electron chi connectivity index (χ2n) is 4.56. The molecule has 2 rings (SSSR count). The fourth-order valence-electron chi connectivity index (χ4n) is 1.71. The smallest absolute Gasteiger partial charge is 0.273 e. The van der Waals surface area contributed by atoms with Crippen LogP contribution in [-0.2, 0) is 0 Å². The molecule has 2 N–H and O–H groups in total. The molecular formula is C12H20ClN3O2. The lowest BCUT2D eigenvalue weighted by atomic mass is 10.2. The van der Waals surface area contributed by atoms with Crippen LogP contribution in [-0.4, -0.2) is 30.2 Å². The fourth-order valence-corrected chi connectivity index (χ4v) is 1.71. The monoisotopic (exact) mass is 273 g/mol. The molecule has 1 aliphatic carbocycles. The summed E-state index contributed by atoms with van der Waals surface area (Å²) in [4.78, 5) is 11.7. The summed E-state index contributed by atoms with van der Waals surface area (Å²) in [6.07, 6.45) is 2.29. The van der Waals surface area contributed by atoms with Gasteiger partial charge in [0.1, 0.15) is 5.76 Å². The molecule has 102 valence electrons. The lowest BCUT2D eigenvalue weighted by Crippen LogP contribution is -2.38. The molecule has 0 radical (unpaired) electrons. The molecule has 1 aromatic heterocycles. The van der Waals surface area contributed by atoms with Crippen LogP contribution in [0.5, 0.6) is 0 Å². The van der Waals surface area contributed by atoms with Crippen molar-refractivity contribution in [2.75, 3.05) is 13.1 Å². The third-order valence-corrected chi connectivity index (χ3v) is 2.86. The molecule has 1 heterocycles. The first-order valence-corrected chi connectivity index (χ1v) is 6.19. The van der Waals surface area contributed by atoms with Gasteiger partial charge in [-0.05, 0) is 26.3 Å². The highest BCUT2D eigenvalue weighted by molar-refractivity contribution is 5.92. The Morgan fingerprint density at radius 3 is 2.94 bits per heavy atom. The van der Waals surface area contributed by atoms with Crippen LogP contribution in [0.25, 0.3) is 0 Å². The van der Waals surface area contributed by atoms with E-state index in [0.717, 1.165) is 25.1 Å². The van der Waals surface area contributed by atoms with E-state index in [2.05, 4.69) is 15.8 Å². The number of nitrogens with zero attached hydrogens (tertiary/aromatic N) is 1. The summed E-state index contributed by atoms with van der Waals surface area (Å²) >= 11 is 0. The third kappa shape index (κ3) is 3.99. The molecule has 5 nitrogen and oxygen atoms in total. The zero-order chi connectivity index (χ0) is 12.3. The van der Waals surface area contributed by atoms with E-state index >= 15 is 0 Å². The molecule has 1 atom stereocenters. The molecule has 18 heavy (non-hydrogen) atoms. The Bertz CT molecular complexity index is 390. The Hall–Kier alpha value is -1.07. The number of halogens is 1. The van der Waals surface area contributed by atoms with E-state index in [9.17, 15) is 4.79 Å². The zero-order valence-corrected chi connectivity index (χ0v) is 11.5. The normalized spacial score (nSPS) is 15.9. The first-order chi connectivity index (χ1) is 8.20. The summed E-state index contributed by atoms with van der Waals surface area (Å²) in [5.41, 5.74) is 0.385. The van der Waals surface area contributed by atoms with Crippen LogP contribution in [0.2, 0.25) is 0 Å². The summed E-state index contributed by atoms with van der Waals surface area (Å²) in [5.74, 6) is 1.17. The van der Waals surface area contributed by atoms with Gasteiger partial charge in [-0.15, -0.1) is 12.4 Å². The molecule has 0 saturated heterocycles. The van der Waals surface area contributed by atoms with E-state index in [4.69, 9.17) is 4.52 Å². The minimum atomic E-state index is -0.162. The molecule has 0 bridgehead atoms. The number of carbonyl (C=O) groups is 1. The number of nitrogens with one attached hydrogen (secondary N) is 2. The average molecular weight is 274 g/mol. The Morgan fingerprint density at radius 1 is 1.61 bits per heavy atom. The summed E-state index contributed by atoms with van der Waals surface area (Å²) in [7, 11) is 0. The van der Waals surface area contributed by atoms with Gasteiger partial charge in [0.2, 0.25) is 0 Å². The van der Waals surface area contributed by atoms with Crippen LogP contribution < -0.4 is 10.6 Å². The lowest BCUT2D eigenvalue weighted by molar-refractivity contribution is 0.0941. The molecule has 1 aromatic rings.